The summed E-state index contributed by atoms with van der Waals surface area (Å²) >= 11 is 0. The highest BCUT2D eigenvalue weighted by Crippen LogP contribution is 2.25. The van der Waals surface area contributed by atoms with E-state index in [0.717, 1.165) is 12.0 Å². The summed E-state index contributed by atoms with van der Waals surface area (Å²) in [7, 11) is 0. The Labute approximate surface area is 108 Å². The van der Waals surface area contributed by atoms with Gasteiger partial charge in [0.25, 0.3) is 0 Å². The Bertz CT molecular complexity index is 553. The lowest BCUT2D eigenvalue weighted by molar-refractivity contribution is 0.474. The van der Waals surface area contributed by atoms with E-state index in [9.17, 15) is 5.11 Å². The van der Waals surface area contributed by atoms with Crippen LogP contribution in [0.25, 0.3) is 5.57 Å². The van der Waals surface area contributed by atoms with Crippen molar-refractivity contribution in [2.45, 2.75) is 20.3 Å². The predicted molar refractivity (Wildman–Crippen MR) is 76.7 cm³/mol. The predicted octanol–water partition coefficient (Wildman–Crippen LogP) is 4.41. The fourth-order valence-electron chi connectivity index (χ4n) is 2.08. The minimum atomic E-state index is 0.327. The van der Waals surface area contributed by atoms with Crippen molar-refractivity contribution in [1.29, 1.82) is 0 Å². The first-order valence-electron chi connectivity index (χ1n) is 6.20. The van der Waals surface area contributed by atoms with Gasteiger partial charge in [0.2, 0.25) is 0 Å². The third-order valence-corrected chi connectivity index (χ3v) is 3.18. The Morgan fingerprint density at radius 2 is 1.83 bits per heavy atom. The van der Waals surface area contributed by atoms with E-state index in [1.807, 2.05) is 37.3 Å². The van der Waals surface area contributed by atoms with Crippen LogP contribution in [-0.2, 0) is 6.42 Å². The molecule has 0 unspecified atom stereocenters. The van der Waals surface area contributed by atoms with Crippen LogP contribution in [0.5, 0.6) is 5.75 Å². The van der Waals surface area contributed by atoms with Crippen LogP contribution in [-0.4, -0.2) is 5.11 Å². The number of benzene rings is 2. The maximum atomic E-state index is 9.65. The van der Waals surface area contributed by atoms with E-state index in [1.165, 1.54) is 16.7 Å². The van der Waals surface area contributed by atoms with Crippen LogP contribution in [0, 0.1) is 0 Å². The minimum Gasteiger partial charge on any atom is -0.508 e. The second-order valence-electron chi connectivity index (χ2n) is 4.48. The molecule has 1 nitrogen and oxygen atoms in total. The second kappa shape index (κ2) is 5.54. The summed E-state index contributed by atoms with van der Waals surface area (Å²) in [6.45, 7) is 4.13. The molecule has 18 heavy (non-hydrogen) atoms. The van der Waals surface area contributed by atoms with Crippen LogP contribution in [0.1, 0.15) is 30.5 Å². The lowest BCUT2D eigenvalue weighted by atomic mass is 9.95. The zero-order valence-electron chi connectivity index (χ0n) is 10.9. The molecule has 0 bridgehead atoms. The lowest BCUT2D eigenvalue weighted by Crippen LogP contribution is -1.94. The maximum Gasteiger partial charge on any atom is 0.115 e. The molecule has 92 valence electrons. The second-order valence-corrected chi connectivity index (χ2v) is 4.48. The van der Waals surface area contributed by atoms with Crippen molar-refractivity contribution >= 4 is 5.57 Å². The largest absolute Gasteiger partial charge is 0.508 e. The van der Waals surface area contributed by atoms with Crippen LogP contribution in [0.3, 0.4) is 0 Å². The average Bonchev–Trinajstić information content (AvgIpc) is 2.39. The number of phenolic OH excluding ortho intramolecular Hbond substituents is 1. The third kappa shape index (κ3) is 2.80. The van der Waals surface area contributed by atoms with Gasteiger partial charge in [0, 0.05) is 0 Å². The van der Waals surface area contributed by atoms with Crippen LogP contribution in [0.2, 0.25) is 0 Å². The maximum absolute atomic E-state index is 9.65. The molecule has 2 rings (SSSR count). The van der Waals surface area contributed by atoms with Crippen LogP contribution in [0.4, 0.5) is 0 Å². The summed E-state index contributed by atoms with van der Waals surface area (Å²) in [4.78, 5) is 0. The molecule has 0 fully saturated rings. The summed E-state index contributed by atoms with van der Waals surface area (Å²) < 4.78 is 0. The molecule has 0 amide bonds. The van der Waals surface area contributed by atoms with Gasteiger partial charge in [0.15, 0.2) is 0 Å². The Morgan fingerprint density at radius 3 is 2.50 bits per heavy atom. The number of aromatic hydroxyl groups is 1. The third-order valence-electron chi connectivity index (χ3n) is 3.18. The van der Waals surface area contributed by atoms with Crippen molar-refractivity contribution in [3.63, 3.8) is 0 Å². The molecular weight excluding hydrogens is 220 g/mol. The van der Waals surface area contributed by atoms with Gasteiger partial charge in [-0.25, -0.2) is 0 Å². The molecular formula is C17H18O. The van der Waals surface area contributed by atoms with Crippen molar-refractivity contribution < 1.29 is 5.11 Å². The summed E-state index contributed by atoms with van der Waals surface area (Å²) in [6.07, 6.45) is 2.94. The Hall–Kier alpha value is -2.02. The quantitative estimate of drug-likeness (QED) is 0.840. The first-order chi connectivity index (χ1) is 8.70. The smallest absolute Gasteiger partial charge is 0.115 e. The Balaban J connectivity index is 2.40. The van der Waals surface area contributed by atoms with Crippen LogP contribution >= 0.6 is 0 Å². The van der Waals surface area contributed by atoms with Gasteiger partial charge in [0.05, 0.1) is 0 Å². The molecule has 0 aliphatic heterocycles. The number of hydrogen-bond donors (Lipinski definition) is 1. The van der Waals surface area contributed by atoms with E-state index in [4.69, 9.17) is 0 Å². The molecule has 2 aromatic carbocycles. The molecule has 0 radical (unpaired) electrons. The van der Waals surface area contributed by atoms with Crippen LogP contribution in [0.15, 0.2) is 54.6 Å². The zero-order valence-corrected chi connectivity index (χ0v) is 10.9. The van der Waals surface area contributed by atoms with E-state index in [-0.39, 0.29) is 0 Å². The molecule has 0 aliphatic carbocycles. The van der Waals surface area contributed by atoms with Gasteiger partial charge in [-0.15, -0.1) is 0 Å². The van der Waals surface area contributed by atoms with Crippen molar-refractivity contribution in [2.24, 2.45) is 0 Å². The van der Waals surface area contributed by atoms with E-state index >= 15 is 0 Å². The molecule has 0 aliphatic rings. The lowest BCUT2D eigenvalue weighted by Gasteiger charge is -2.11. The van der Waals surface area contributed by atoms with Crippen molar-refractivity contribution in [3.05, 3.63) is 71.3 Å². The van der Waals surface area contributed by atoms with E-state index in [1.54, 1.807) is 6.07 Å². The van der Waals surface area contributed by atoms with Crippen molar-refractivity contribution in [1.82, 2.24) is 0 Å². The molecule has 1 N–H and O–H groups in total. The number of allylic oxidation sites excluding steroid dienone is 2. The number of phenols is 1. The van der Waals surface area contributed by atoms with E-state index in [2.05, 4.69) is 25.1 Å². The average molecular weight is 238 g/mol. The fraction of sp³-hybridized carbons (Fsp3) is 0.176. The molecule has 0 saturated heterocycles. The number of hydrogen-bond acceptors (Lipinski definition) is 1. The molecule has 0 aromatic heterocycles. The van der Waals surface area contributed by atoms with Gasteiger partial charge in [-0.2, -0.15) is 0 Å². The summed E-state index contributed by atoms with van der Waals surface area (Å²) in [6, 6.07) is 15.9. The molecule has 0 spiro atoms. The Kier molecular flexibility index (Phi) is 3.83. The Morgan fingerprint density at radius 1 is 1.11 bits per heavy atom. The normalized spacial score (nSPS) is 11.6. The highest BCUT2D eigenvalue weighted by atomic mass is 16.3. The first kappa shape index (κ1) is 12.4. The van der Waals surface area contributed by atoms with Crippen LogP contribution < -0.4 is 0 Å². The monoisotopic (exact) mass is 238 g/mol. The zero-order chi connectivity index (χ0) is 13.0. The van der Waals surface area contributed by atoms with E-state index in [0.29, 0.717) is 5.75 Å². The molecule has 2 aromatic rings. The summed E-state index contributed by atoms with van der Waals surface area (Å²) in [5.74, 6) is 0.327. The van der Waals surface area contributed by atoms with Gasteiger partial charge in [-0.1, -0.05) is 42.5 Å². The van der Waals surface area contributed by atoms with Gasteiger partial charge in [0.1, 0.15) is 5.75 Å². The minimum absolute atomic E-state index is 0.327. The van der Waals surface area contributed by atoms with Gasteiger partial charge in [-0.05, 0) is 54.7 Å². The fourth-order valence-corrected chi connectivity index (χ4v) is 2.08. The summed E-state index contributed by atoms with van der Waals surface area (Å²) in [5, 5.41) is 9.65. The molecule has 1 heteroatoms. The van der Waals surface area contributed by atoms with Crippen molar-refractivity contribution in [3.8, 4) is 5.75 Å². The summed E-state index contributed by atoms with van der Waals surface area (Å²) in [5.41, 5.74) is 4.87. The molecule has 0 saturated carbocycles. The highest BCUT2D eigenvalue weighted by molar-refractivity contribution is 5.67. The highest BCUT2D eigenvalue weighted by Gasteiger charge is 2.06. The standard InChI is InChI=1S/C17H18O/c1-3-13(2)17-10-9-16(18)12-15(17)11-14-7-5-4-6-8-14/h3-10,12,18H,11H2,1-2H3/b13-3-. The first-order valence-corrected chi connectivity index (χ1v) is 6.20. The molecule has 0 heterocycles. The van der Waals surface area contributed by atoms with Gasteiger partial charge < -0.3 is 5.11 Å². The van der Waals surface area contributed by atoms with E-state index < -0.39 is 0 Å². The van der Waals surface area contributed by atoms with Gasteiger partial charge >= 0.3 is 0 Å². The molecule has 0 atom stereocenters. The van der Waals surface area contributed by atoms with Crippen molar-refractivity contribution in [2.75, 3.05) is 0 Å². The van der Waals surface area contributed by atoms with Gasteiger partial charge in [-0.3, -0.25) is 0 Å². The SMILES string of the molecule is C/C=C(/C)c1ccc(O)cc1Cc1ccccc1. The number of rotatable bonds is 3. The topological polar surface area (TPSA) is 20.2 Å².